The van der Waals surface area contributed by atoms with E-state index in [0.717, 1.165) is 12.2 Å². The fourth-order valence-corrected chi connectivity index (χ4v) is 1.85. The Bertz CT molecular complexity index is 335. The smallest absolute Gasteiger partial charge is 0.242 e. The summed E-state index contributed by atoms with van der Waals surface area (Å²) in [4.78, 5) is 8.03. The summed E-state index contributed by atoms with van der Waals surface area (Å²) >= 11 is 1.82. The van der Waals surface area contributed by atoms with E-state index in [9.17, 15) is 0 Å². The van der Waals surface area contributed by atoms with Crippen molar-refractivity contribution in [3.8, 4) is 5.88 Å². The summed E-state index contributed by atoms with van der Waals surface area (Å²) in [7, 11) is 1.54. The molecule has 1 unspecified atom stereocenters. The molecule has 6 heteroatoms. The number of methoxy groups -OCH3 is 1. The van der Waals surface area contributed by atoms with Crippen LogP contribution in [0.1, 0.15) is 13.3 Å². The minimum absolute atomic E-state index is 0.328. The Balaban J connectivity index is 2.66. The number of hydrogen-bond donors (Lipinski definition) is 2. The summed E-state index contributed by atoms with van der Waals surface area (Å²) < 4.78 is 5.03. The number of nitrogens with one attached hydrogen (secondary N) is 1. The Labute approximate surface area is 100 Å². The van der Waals surface area contributed by atoms with Gasteiger partial charge in [0.25, 0.3) is 0 Å². The molecule has 0 aliphatic carbocycles. The predicted molar refractivity (Wildman–Crippen MR) is 69.1 cm³/mol. The van der Waals surface area contributed by atoms with Crippen LogP contribution in [0.5, 0.6) is 5.88 Å². The fraction of sp³-hybridized carbons (Fsp3) is 0.600. The SMILES string of the molecule is COc1ncnc(NC(C)CCSC)c1N. The molecule has 1 heterocycles. The zero-order valence-electron chi connectivity index (χ0n) is 9.86. The molecule has 1 atom stereocenters. The van der Waals surface area contributed by atoms with Gasteiger partial charge in [0.2, 0.25) is 5.88 Å². The van der Waals surface area contributed by atoms with Gasteiger partial charge in [-0.05, 0) is 25.4 Å². The van der Waals surface area contributed by atoms with Crippen LogP contribution in [-0.2, 0) is 0 Å². The molecule has 0 saturated heterocycles. The van der Waals surface area contributed by atoms with Crippen LogP contribution in [0, 0.1) is 0 Å². The highest BCUT2D eigenvalue weighted by atomic mass is 32.2. The molecule has 0 spiro atoms. The number of anilines is 2. The molecule has 0 fully saturated rings. The van der Waals surface area contributed by atoms with Crippen LogP contribution >= 0.6 is 11.8 Å². The lowest BCUT2D eigenvalue weighted by atomic mass is 10.2. The minimum Gasteiger partial charge on any atom is -0.479 e. The molecule has 0 aliphatic rings. The minimum atomic E-state index is 0.328. The van der Waals surface area contributed by atoms with Gasteiger partial charge in [0.15, 0.2) is 5.82 Å². The number of thioether (sulfide) groups is 1. The van der Waals surface area contributed by atoms with Gasteiger partial charge >= 0.3 is 0 Å². The highest BCUT2D eigenvalue weighted by Crippen LogP contribution is 2.24. The summed E-state index contributed by atoms with van der Waals surface area (Å²) in [5.41, 5.74) is 6.31. The third kappa shape index (κ3) is 3.44. The van der Waals surface area contributed by atoms with Crippen LogP contribution in [0.2, 0.25) is 0 Å². The first-order valence-corrected chi connectivity index (χ1v) is 6.48. The van der Waals surface area contributed by atoms with Crippen molar-refractivity contribution in [2.45, 2.75) is 19.4 Å². The van der Waals surface area contributed by atoms with E-state index in [4.69, 9.17) is 10.5 Å². The topological polar surface area (TPSA) is 73.1 Å². The first-order valence-electron chi connectivity index (χ1n) is 5.09. The lowest BCUT2D eigenvalue weighted by molar-refractivity contribution is 0.399. The molecule has 5 nitrogen and oxygen atoms in total. The summed E-state index contributed by atoms with van der Waals surface area (Å²) in [6, 6.07) is 0.328. The van der Waals surface area contributed by atoms with Crippen molar-refractivity contribution in [3.05, 3.63) is 6.33 Å². The van der Waals surface area contributed by atoms with Crippen molar-refractivity contribution in [1.29, 1.82) is 0 Å². The average Bonchev–Trinajstić information content (AvgIpc) is 2.29. The predicted octanol–water partition coefficient (Wildman–Crippen LogP) is 1.62. The molecule has 1 aromatic heterocycles. The first kappa shape index (κ1) is 12.9. The molecule has 3 N–H and O–H groups in total. The van der Waals surface area contributed by atoms with E-state index >= 15 is 0 Å². The number of aromatic nitrogens is 2. The fourth-order valence-electron chi connectivity index (χ4n) is 1.26. The maximum Gasteiger partial charge on any atom is 0.242 e. The third-order valence-electron chi connectivity index (χ3n) is 2.18. The Kier molecular flexibility index (Phi) is 5.18. The highest BCUT2D eigenvalue weighted by molar-refractivity contribution is 7.98. The lowest BCUT2D eigenvalue weighted by Crippen LogP contribution is -2.18. The molecule has 0 aliphatic heterocycles. The number of nitrogens with zero attached hydrogens (tertiary/aromatic N) is 2. The standard InChI is InChI=1S/C10H18N4OS/c1-7(4-5-16-3)14-9-8(11)10(15-2)13-6-12-9/h6-7H,4-5,11H2,1-3H3,(H,12,13,14). The van der Waals surface area contributed by atoms with E-state index in [2.05, 4.69) is 28.5 Å². The zero-order chi connectivity index (χ0) is 12.0. The van der Waals surface area contributed by atoms with E-state index in [-0.39, 0.29) is 0 Å². The Morgan fingerprint density at radius 2 is 2.31 bits per heavy atom. The Morgan fingerprint density at radius 3 is 2.94 bits per heavy atom. The van der Waals surface area contributed by atoms with Gasteiger partial charge in [0, 0.05) is 6.04 Å². The maximum atomic E-state index is 5.85. The second-order valence-electron chi connectivity index (χ2n) is 3.47. The van der Waals surface area contributed by atoms with Crippen LogP contribution in [0.4, 0.5) is 11.5 Å². The van der Waals surface area contributed by atoms with Gasteiger partial charge < -0.3 is 15.8 Å². The largest absolute Gasteiger partial charge is 0.479 e. The zero-order valence-corrected chi connectivity index (χ0v) is 10.7. The monoisotopic (exact) mass is 242 g/mol. The molecule has 90 valence electrons. The van der Waals surface area contributed by atoms with Gasteiger partial charge in [-0.1, -0.05) is 0 Å². The van der Waals surface area contributed by atoms with Gasteiger partial charge in [-0.15, -0.1) is 0 Å². The molecule has 16 heavy (non-hydrogen) atoms. The van der Waals surface area contributed by atoms with Gasteiger partial charge in [0.1, 0.15) is 12.0 Å². The van der Waals surface area contributed by atoms with Crippen molar-refractivity contribution in [1.82, 2.24) is 9.97 Å². The maximum absolute atomic E-state index is 5.85. The second kappa shape index (κ2) is 6.42. The van der Waals surface area contributed by atoms with Crippen molar-refractivity contribution in [2.24, 2.45) is 0 Å². The summed E-state index contributed by atoms with van der Waals surface area (Å²) in [6.45, 7) is 2.10. The number of ether oxygens (including phenoxy) is 1. The first-order chi connectivity index (χ1) is 7.69. The van der Waals surface area contributed by atoms with Crippen molar-refractivity contribution >= 4 is 23.3 Å². The molecule has 0 amide bonds. The number of nitrogen functional groups attached to an aromatic ring is 1. The van der Waals surface area contributed by atoms with Gasteiger partial charge in [-0.25, -0.2) is 4.98 Å². The molecular formula is C10H18N4OS. The normalized spacial score (nSPS) is 12.2. The number of nitrogens with two attached hydrogens (primary N) is 1. The number of hydrogen-bond acceptors (Lipinski definition) is 6. The molecular weight excluding hydrogens is 224 g/mol. The van der Waals surface area contributed by atoms with Crippen molar-refractivity contribution < 1.29 is 4.74 Å². The van der Waals surface area contributed by atoms with Crippen LogP contribution in [0.25, 0.3) is 0 Å². The molecule has 1 aromatic rings. The average molecular weight is 242 g/mol. The highest BCUT2D eigenvalue weighted by Gasteiger charge is 2.10. The van der Waals surface area contributed by atoms with Gasteiger partial charge in [0.05, 0.1) is 7.11 Å². The summed E-state index contributed by atoms with van der Waals surface area (Å²) in [5, 5.41) is 3.25. The molecule has 0 aromatic carbocycles. The number of rotatable bonds is 6. The van der Waals surface area contributed by atoms with E-state index in [1.807, 2.05) is 11.8 Å². The summed E-state index contributed by atoms with van der Waals surface area (Å²) in [5.74, 6) is 2.16. The van der Waals surface area contributed by atoms with E-state index < -0.39 is 0 Å². The van der Waals surface area contributed by atoms with Gasteiger partial charge in [-0.2, -0.15) is 16.7 Å². The van der Waals surface area contributed by atoms with Crippen LogP contribution < -0.4 is 15.8 Å². The van der Waals surface area contributed by atoms with Crippen molar-refractivity contribution in [3.63, 3.8) is 0 Å². The third-order valence-corrected chi connectivity index (χ3v) is 2.82. The van der Waals surface area contributed by atoms with E-state index in [1.165, 1.54) is 6.33 Å². The molecule has 0 saturated carbocycles. The summed E-state index contributed by atoms with van der Waals surface area (Å²) in [6.07, 6.45) is 4.60. The molecule has 0 radical (unpaired) electrons. The van der Waals surface area contributed by atoms with Crippen molar-refractivity contribution in [2.75, 3.05) is 30.2 Å². The molecule has 1 rings (SSSR count). The van der Waals surface area contributed by atoms with Gasteiger partial charge in [-0.3, -0.25) is 0 Å². The quantitative estimate of drug-likeness (QED) is 0.789. The van der Waals surface area contributed by atoms with Crippen LogP contribution in [-0.4, -0.2) is 35.1 Å². The Morgan fingerprint density at radius 1 is 1.56 bits per heavy atom. The van der Waals surface area contributed by atoms with E-state index in [1.54, 1.807) is 7.11 Å². The molecule has 0 bridgehead atoms. The van der Waals surface area contributed by atoms with Crippen LogP contribution in [0.3, 0.4) is 0 Å². The van der Waals surface area contributed by atoms with E-state index in [0.29, 0.717) is 23.4 Å². The Hall–Kier alpha value is -1.17. The second-order valence-corrected chi connectivity index (χ2v) is 4.46. The lowest BCUT2D eigenvalue weighted by Gasteiger charge is -2.15. The van der Waals surface area contributed by atoms with Crippen LogP contribution in [0.15, 0.2) is 6.33 Å².